The maximum atomic E-state index is 12.4. The summed E-state index contributed by atoms with van der Waals surface area (Å²) in [5.74, 6) is -0.926. The summed E-state index contributed by atoms with van der Waals surface area (Å²) in [6.45, 7) is 0. The van der Waals surface area contributed by atoms with Crippen molar-refractivity contribution in [3.8, 4) is 0 Å². The van der Waals surface area contributed by atoms with E-state index in [9.17, 15) is 18.5 Å². The average Bonchev–Trinajstić information content (AvgIpc) is 2.94. The molecule has 0 aliphatic heterocycles. The van der Waals surface area contributed by atoms with Gasteiger partial charge in [-0.15, -0.1) is 0 Å². The molecule has 0 radical (unpaired) electrons. The Labute approximate surface area is 146 Å². The number of halogens is 3. The lowest BCUT2D eigenvalue weighted by atomic mass is 10.2. The first-order valence-electron chi connectivity index (χ1n) is 5.95. The van der Waals surface area contributed by atoms with Gasteiger partial charge in [0.1, 0.15) is 9.83 Å². The Morgan fingerprint density at radius 2 is 1.74 bits per heavy atom. The van der Waals surface area contributed by atoms with Crippen LogP contribution in [0, 0.1) is 10.1 Å². The zero-order valence-electron chi connectivity index (χ0n) is 11.1. The minimum absolute atomic E-state index is 0.299. The molecule has 2 aromatic rings. The predicted octanol–water partition coefficient (Wildman–Crippen LogP) is 4.43. The SMILES string of the molecule is O=[N+]([O-])c1ccc(/C(=C/c2ccccc2)S(=O)(=O)C(Cl)(Cl)Cl)o1. The number of rotatable bonds is 4. The summed E-state index contributed by atoms with van der Waals surface area (Å²) < 4.78 is 27.2. The zero-order valence-corrected chi connectivity index (χ0v) is 14.2. The first-order chi connectivity index (χ1) is 10.6. The van der Waals surface area contributed by atoms with E-state index >= 15 is 0 Å². The molecule has 0 saturated carbocycles. The Bertz CT molecular complexity index is 853. The summed E-state index contributed by atoms with van der Waals surface area (Å²) in [7, 11) is -4.46. The molecule has 2 rings (SSSR count). The largest absolute Gasteiger partial charge is 0.433 e. The van der Waals surface area contributed by atoms with Crippen LogP contribution in [0.5, 0.6) is 0 Å². The number of sulfone groups is 1. The van der Waals surface area contributed by atoms with Crippen LogP contribution in [0.15, 0.2) is 46.9 Å². The Morgan fingerprint density at radius 1 is 1.13 bits per heavy atom. The fourth-order valence-corrected chi connectivity index (χ4v) is 3.33. The molecule has 0 bridgehead atoms. The van der Waals surface area contributed by atoms with Crippen LogP contribution in [-0.4, -0.2) is 16.5 Å². The number of nitrogens with zero attached hydrogens (tertiary/aromatic N) is 1. The van der Waals surface area contributed by atoms with Crippen LogP contribution >= 0.6 is 34.8 Å². The Balaban J connectivity index is 2.65. The van der Waals surface area contributed by atoms with Crippen LogP contribution in [0.1, 0.15) is 11.3 Å². The molecule has 10 heteroatoms. The fourth-order valence-electron chi connectivity index (χ4n) is 1.66. The molecule has 1 aromatic heterocycles. The summed E-state index contributed by atoms with van der Waals surface area (Å²) in [5.41, 5.74) is 0.486. The average molecular weight is 397 g/mol. The van der Waals surface area contributed by atoms with Gasteiger partial charge in [0.15, 0.2) is 5.76 Å². The summed E-state index contributed by atoms with van der Waals surface area (Å²) in [6, 6.07) is 10.5. The molecule has 1 aromatic carbocycles. The van der Waals surface area contributed by atoms with Crippen LogP contribution in [0.4, 0.5) is 5.88 Å². The van der Waals surface area contributed by atoms with Crippen molar-refractivity contribution in [3.05, 3.63) is 63.9 Å². The lowest BCUT2D eigenvalue weighted by Crippen LogP contribution is -2.20. The van der Waals surface area contributed by atoms with Crippen molar-refractivity contribution in [2.75, 3.05) is 0 Å². The molecule has 0 aliphatic rings. The highest BCUT2D eigenvalue weighted by Crippen LogP contribution is 2.42. The number of alkyl halides is 3. The van der Waals surface area contributed by atoms with Crippen LogP contribution in [0.25, 0.3) is 11.0 Å². The molecule has 0 spiro atoms. The summed E-state index contributed by atoms with van der Waals surface area (Å²) >= 11 is 16.6. The quantitative estimate of drug-likeness (QED) is 0.433. The summed E-state index contributed by atoms with van der Waals surface area (Å²) in [5, 5.41) is 10.7. The Hall–Kier alpha value is -1.54. The first-order valence-corrected chi connectivity index (χ1v) is 8.57. The van der Waals surface area contributed by atoms with Crippen molar-refractivity contribution < 1.29 is 17.8 Å². The highest BCUT2D eigenvalue weighted by molar-refractivity contribution is 8.05. The van der Waals surface area contributed by atoms with E-state index in [1.54, 1.807) is 30.3 Å². The van der Waals surface area contributed by atoms with E-state index in [2.05, 4.69) is 0 Å². The van der Waals surface area contributed by atoms with E-state index < -0.39 is 28.7 Å². The maximum absolute atomic E-state index is 12.4. The third-order valence-electron chi connectivity index (χ3n) is 2.71. The molecule has 0 atom stereocenters. The normalized spacial score (nSPS) is 13.1. The Morgan fingerprint density at radius 3 is 2.22 bits per heavy atom. The van der Waals surface area contributed by atoms with Gasteiger partial charge >= 0.3 is 5.88 Å². The van der Waals surface area contributed by atoms with Gasteiger partial charge in [0.05, 0.1) is 6.07 Å². The van der Waals surface area contributed by atoms with E-state index in [4.69, 9.17) is 39.2 Å². The lowest BCUT2D eigenvalue weighted by molar-refractivity contribution is -0.402. The molecule has 0 N–H and O–H groups in total. The van der Waals surface area contributed by atoms with Crippen LogP contribution in [0.3, 0.4) is 0 Å². The van der Waals surface area contributed by atoms with Gasteiger partial charge in [0.2, 0.25) is 9.84 Å². The van der Waals surface area contributed by atoms with Gasteiger partial charge < -0.3 is 4.42 Å². The first kappa shape index (κ1) is 17.8. The van der Waals surface area contributed by atoms with E-state index in [0.717, 1.165) is 12.1 Å². The molecule has 0 amide bonds. The zero-order chi connectivity index (χ0) is 17.3. The second kappa shape index (κ2) is 6.52. The van der Waals surface area contributed by atoms with E-state index in [0.29, 0.717) is 5.56 Å². The van der Waals surface area contributed by atoms with Crippen LogP contribution in [-0.2, 0) is 9.84 Å². The van der Waals surface area contributed by atoms with E-state index in [1.165, 1.54) is 6.08 Å². The number of hydrogen-bond donors (Lipinski definition) is 0. The lowest BCUT2D eigenvalue weighted by Gasteiger charge is -2.14. The standard InChI is InChI=1S/C13H8Cl3NO5S/c14-13(15,16)23(20,21)11(8-9-4-2-1-3-5-9)10-6-7-12(22-10)17(18)19/h1-8H/b11-8-. The van der Waals surface area contributed by atoms with Gasteiger partial charge in [-0.05, 0) is 17.7 Å². The second-order valence-electron chi connectivity index (χ2n) is 4.26. The summed E-state index contributed by atoms with van der Waals surface area (Å²) in [6.07, 6.45) is 1.21. The number of furan rings is 1. The third kappa shape index (κ3) is 3.87. The monoisotopic (exact) mass is 395 g/mol. The molecule has 122 valence electrons. The van der Waals surface area contributed by atoms with E-state index in [1.807, 2.05) is 0 Å². The highest BCUT2D eigenvalue weighted by Gasteiger charge is 2.43. The van der Waals surface area contributed by atoms with Crippen LogP contribution in [0.2, 0.25) is 0 Å². The van der Waals surface area contributed by atoms with Crippen molar-refractivity contribution in [2.24, 2.45) is 0 Å². The smallest absolute Gasteiger partial charge is 0.400 e. The molecule has 1 heterocycles. The molecule has 0 aliphatic carbocycles. The van der Waals surface area contributed by atoms with Crippen molar-refractivity contribution in [3.63, 3.8) is 0 Å². The molecule has 0 fully saturated rings. The maximum Gasteiger partial charge on any atom is 0.433 e. The topological polar surface area (TPSA) is 90.4 Å². The van der Waals surface area contributed by atoms with Gasteiger partial charge in [0, 0.05) is 0 Å². The number of hydrogen-bond acceptors (Lipinski definition) is 5. The third-order valence-corrected chi connectivity index (χ3v) is 6.04. The second-order valence-corrected chi connectivity index (χ2v) is 9.28. The van der Waals surface area contributed by atoms with Gasteiger partial charge in [-0.25, -0.2) is 8.42 Å². The van der Waals surface area contributed by atoms with Crippen LogP contribution < -0.4 is 0 Å². The Kier molecular flexibility index (Phi) is 5.05. The molecule has 0 unspecified atom stereocenters. The minimum atomic E-state index is -4.46. The van der Waals surface area contributed by atoms with E-state index in [-0.39, 0.29) is 5.76 Å². The minimum Gasteiger partial charge on any atom is -0.400 e. The highest BCUT2D eigenvalue weighted by atomic mass is 35.6. The molecule has 0 saturated heterocycles. The van der Waals surface area contributed by atoms with Gasteiger partial charge in [0.25, 0.3) is 3.12 Å². The molecule has 6 nitrogen and oxygen atoms in total. The van der Waals surface area contributed by atoms with Crippen molar-refractivity contribution in [2.45, 2.75) is 3.12 Å². The van der Waals surface area contributed by atoms with Gasteiger partial charge in [-0.3, -0.25) is 10.1 Å². The van der Waals surface area contributed by atoms with Crippen molar-refractivity contribution in [1.29, 1.82) is 0 Å². The summed E-state index contributed by atoms with van der Waals surface area (Å²) in [4.78, 5) is 9.43. The predicted molar refractivity (Wildman–Crippen MR) is 88.9 cm³/mol. The van der Waals surface area contributed by atoms with Gasteiger partial charge in [-0.2, -0.15) is 0 Å². The fraction of sp³-hybridized carbons (Fsp3) is 0.0769. The van der Waals surface area contributed by atoms with Crippen molar-refractivity contribution in [1.82, 2.24) is 0 Å². The molecular weight excluding hydrogens is 389 g/mol. The van der Waals surface area contributed by atoms with Crippen molar-refractivity contribution >= 4 is 61.5 Å². The molecule has 23 heavy (non-hydrogen) atoms. The van der Waals surface area contributed by atoms with Gasteiger partial charge in [-0.1, -0.05) is 65.1 Å². The molecular formula is C13H8Cl3NO5S. The number of benzene rings is 1. The number of nitro groups is 1.